The summed E-state index contributed by atoms with van der Waals surface area (Å²) in [6.45, 7) is 2.29. The van der Waals surface area contributed by atoms with E-state index in [0.717, 1.165) is 0 Å². The van der Waals surface area contributed by atoms with Crippen LogP contribution in [0.1, 0.15) is 12.6 Å². The molecule has 6 nitrogen and oxygen atoms in total. The normalized spacial score (nSPS) is 11.5. The summed E-state index contributed by atoms with van der Waals surface area (Å²) in [5.41, 5.74) is 1.34. The molecule has 0 atom stereocenters. The van der Waals surface area contributed by atoms with Crippen molar-refractivity contribution >= 4 is 26.7 Å². The van der Waals surface area contributed by atoms with Gasteiger partial charge in [-0.15, -0.1) is 0 Å². The van der Waals surface area contributed by atoms with Gasteiger partial charge in [-0.05, 0) is 31.2 Å². The van der Waals surface area contributed by atoms with E-state index in [1.54, 1.807) is 36.4 Å². The summed E-state index contributed by atoms with van der Waals surface area (Å²) in [6, 6.07) is 14.0. The number of nitrogens with zero attached hydrogens (tertiary/aromatic N) is 1. The van der Waals surface area contributed by atoms with Crippen molar-refractivity contribution in [1.82, 2.24) is 5.16 Å². The van der Waals surface area contributed by atoms with Gasteiger partial charge in [0.15, 0.2) is 5.58 Å². The molecular weight excluding hydrogens is 316 g/mol. The molecule has 0 fully saturated rings. The molecule has 23 heavy (non-hydrogen) atoms. The number of hydrogen-bond acceptors (Lipinski definition) is 5. The number of sulfonamides is 1. The minimum atomic E-state index is -3.64. The first-order chi connectivity index (χ1) is 11.1. The minimum Gasteiger partial charge on any atom is -0.492 e. The first kappa shape index (κ1) is 15.4. The molecule has 1 N–H and O–H groups in total. The van der Waals surface area contributed by atoms with Gasteiger partial charge in [0.2, 0.25) is 10.0 Å². The Labute approximate surface area is 134 Å². The number of benzene rings is 2. The van der Waals surface area contributed by atoms with Crippen LogP contribution < -0.4 is 9.46 Å². The number of para-hydroxylation sites is 3. The Kier molecular flexibility index (Phi) is 4.20. The van der Waals surface area contributed by atoms with Gasteiger partial charge >= 0.3 is 0 Å². The van der Waals surface area contributed by atoms with Gasteiger partial charge in [0, 0.05) is 5.39 Å². The number of aromatic nitrogens is 1. The molecule has 0 saturated heterocycles. The Bertz CT molecular complexity index is 918. The number of nitrogens with one attached hydrogen (secondary N) is 1. The van der Waals surface area contributed by atoms with Crippen molar-refractivity contribution in [3.63, 3.8) is 0 Å². The molecule has 0 bridgehead atoms. The molecule has 0 unspecified atom stereocenters. The molecular formula is C16H16N2O4S. The van der Waals surface area contributed by atoms with Crippen LogP contribution in [-0.4, -0.2) is 20.2 Å². The van der Waals surface area contributed by atoms with E-state index in [-0.39, 0.29) is 5.75 Å². The largest absolute Gasteiger partial charge is 0.492 e. The van der Waals surface area contributed by atoms with Crippen molar-refractivity contribution in [2.24, 2.45) is 0 Å². The average molecular weight is 332 g/mol. The third kappa shape index (κ3) is 3.45. The lowest BCUT2D eigenvalue weighted by Gasteiger charge is -2.12. The molecule has 3 rings (SSSR count). The maximum Gasteiger partial charge on any atom is 0.238 e. The Morgan fingerprint density at radius 1 is 1.13 bits per heavy atom. The van der Waals surface area contributed by atoms with Crippen LogP contribution >= 0.6 is 0 Å². The molecule has 3 aromatic rings. The van der Waals surface area contributed by atoms with E-state index in [1.807, 2.05) is 19.1 Å². The van der Waals surface area contributed by atoms with E-state index in [2.05, 4.69) is 9.88 Å². The fraction of sp³-hybridized carbons (Fsp3) is 0.188. The van der Waals surface area contributed by atoms with Crippen LogP contribution in [0.4, 0.5) is 5.69 Å². The van der Waals surface area contributed by atoms with Crippen LogP contribution in [0.2, 0.25) is 0 Å². The van der Waals surface area contributed by atoms with Gasteiger partial charge < -0.3 is 9.26 Å². The van der Waals surface area contributed by atoms with Gasteiger partial charge in [-0.2, -0.15) is 0 Å². The fourth-order valence-corrected chi connectivity index (χ4v) is 3.40. The van der Waals surface area contributed by atoms with Gasteiger partial charge in [-0.3, -0.25) is 4.72 Å². The molecule has 7 heteroatoms. The van der Waals surface area contributed by atoms with E-state index in [1.165, 1.54) is 0 Å². The number of anilines is 1. The van der Waals surface area contributed by atoms with Crippen molar-refractivity contribution in [1.29, 1.82) is 0 Å². The zero-order valence-electron chi connectivity index (χ0n) is 12.5. The third-order valence-electron chi connectivity index (χ3n) is 3.23. The second-order valence-electron chi connectivity index (χ2n) is 4.92. The smallest absolute Gasteiger partial charge is 0.238 e. The monoisotopic (exact) mass is 332 g/mol. The Morgan fingerprint density at radius 2 is 1.87 bits per heavy atom. The molecule has 0 saturated carbocycles. The zero-order chi connectivity index (χ0) is 16.3. The molecule has 0 aliphatic carbocycles. The molecule has 0 amide bonds. The number of rotatable bonds is 6. The molecule has 1 heterocycles. The van der Waals surface area contributed by atoms with Crippen LogP contribution in [0, 0.1) is 0 Å². The summed E-state index contributed by atoms with van der Waals surface area (Å²) in [7, 11) is -3.64. The van der Waals surface area contributed by atoms with Gasteiger partial charge in [0.25, 0.3) is 0 Å². The van der Waals surface area contributed by atoms with E-state index in [9.17, 15) is 8.42 Å². The third-order valence-corrected chi connectivity index (χ3v) is 4.42. The Morgan fingerprint density at radius 3 is 2.70 bits per heavy atom. The van der Waals surface area contributed by atoms with Crippen LogP contribution in [0.5, 0.6) is 5.75 Å². The standard InChI is InChI=1S/C16H16N2O4S/c1-2-21-16-10-6-4-8-13(16)18-23(19,20)11-14-12-7-3-5-9-15(12)22-17-14/h3-10,18H,2,11H2,1H3. The molecule has 2 aromatic carbocycles. The van der Waals surface area contributed by atoms with Crippen LogP contribution in [-0.2, 0) is 15.8 Å². The first-order valence-corrected chi connectivity index (χ1v) is 8.80. The topological polar surface area (TPSA) is 81.4 Å². The number of fused-ring (bicyclic) bond motifs is 1. The molecule has 0 aliphatic rings. The van der Waals surface area contributed by atoms with Gasteiger partial charge in [-0.1, -0.05) is 29.4 Å². The van der Waals surface area contributed by atoms with Crippen molar-refractivity contribution < 1.29 is 17.7 Å². The summed E-state index contributed by atoms with van der Waals surface area (Å²) >= 11 is 0. The highest BCUT2D eigenvalue weighted by Gasteiger charge is 2.19. The summed E-state index contributed by atoms with van der Waals surface area (Å²) in [4.78, 5) is 0. The van der Waals surface area contributed by atoms with Crippen molar-refractivity contribution in [3.05, 3.63) is 54.2 Å². The van der Waals surface area contributed by atoms with Gasteiger partial charge in [0.1, 0.15) is 17.2 Å². The second-order valence-corrected chi connectivity index (χ2v) is 6.64. The summed E-state index contributed by atoms with van der Waals surface area (Å²) in [5.74, 6) is 0.216. The highest BCUT2D eigenvalue weighted by Crippen LogP contribution is 2.26. The molecule has 0 spiro atoms. The second kappa shape index (κ2) is 6.29. The van der Waals surface area contributed by atoms with E-state index in [0.29, 0.717) is 34.7 Å². The van der Waals surface area contributed by atoms with Crippen molar-refractivity contribution in [3.8, 4) is 5.75 Å². The summed E-state index contributed by atoms with van der Waals surface area (Å²) < 4.78 is 37.9. The lowest BCUT2D eigenvalue weighted by molar-refractivity contribution is 0.342. The molecule has 120 valence electrons. The van der Waals surface area contributed by atoms with Crippen LogP contribution in [0.15, 0.2) is 53.1 Å². The van der Waals surface area contributed by atoms with Crippen molar-refractivity contribution in [2.75, 3.05) is 11.3 Å². The van der Waals surface area contributed by atoms with Gasteiger partial charge in [-0.25, -0.2) is 8.42 Å². The molecule has 1 aromatic heterocycles. The van der Waals surface area contributed by atoms with Crippen molar-refractivity contribution in [2.45, 2.75) is 12.7 Å². The Balaban J connectivity index is 1.85. The number of hydrogen-bond donors (Lipinski definition) is 1. The molecule has 0 radical (unpaired) electrons. The molecule has 0 aliphatic heterocycles. The predicted octanol–water partition coefficient (Wildman–Crippen LogP) is 3.17. The van der Waals surface area contributed by atoms with E-state index in [4.69, 9.17) is 9.26 Å². The lowest BCUT2D eigenvalue weighted by Crippen LogP contribution is -2.16. The quantitative estimate of drug-likeness (QED) is 0.750. The SMILES string of the molecule is CCOc1ccccc1NS(=O)(=O)Cc1noc2ccccc12. The number of ether oxygens (including phenoxy) is 1. The van der Waals surface area contributed by atoms with E-state index < -0.39 is 10.0 Å². The van der Waals surface area contributed by atoms with E-state index >= 15 is 0 Å². The maximum atomic E-state index is 12.4. The van der Waals surface area contributed by atoms with Crippen LogP contribution in [0.25, 0.3) is 11.0 Å². The Hall–Kier alpha value is -2.54. The summed E-state index contributed by atoms with van der Waals surface area (Å²) in [6.07, 6.45) is 0. The zero-order valence-corrected chi connectivity index (χ0v) is 13.3. The highest BCUT2D eigenvalue weighted by atomic mass is 32.2. The van der Waals surface area contributed by atoms with Crippen LogP contribution in [0.3, 0.4) is 0 Å². The first-order valence-electron chi connectivity index (χ1n) is 7.14. The highest BCUT2D eigenvalue weighted by molar-refractivity contribution is 7.91. The lowest BCUT2D eigenvalue weighted by atomic mass is 10.2. The average Bonchev–Trinajstić information content (AvgIpc) is 2.92. The van der Waals surface area contributed by atoms with Gasteiger partial charge in [0.05, 0.1) is 12.3 Å². The maximum absolute atomic E-state index is 12.4. The predicted molar refractivity (Wildman–Crippen MR) is 87.9 cm³/mol. The minimum absolute atomic E-state index is 0.273. The summed E-state index contributed by atoms with van der Waals surface area (Å²) in [5, 5.41) is 4.55. The fourth-order valence-electron chi connectivity index (χ4n) is 2.26.